The third-order valence-electron chi connectivity index (χ3n) is 3.77. The van der Waals surface area contributed by atoms with Crippen LogP contribution in [0.1, 0.15) is 47.0 Å². The first-order valence-corrected chi connectivity index (χ1v) is 10.6. The number of alkyl halides is 1. The summed E-state index contributed by atoms with van der Waals surface area (Å²) in [6.45, 7) is 6.86. The van der Waals surface area contributed by atoms with Gasteiger partial charge in [0.2, 0.25) is 0 Å². The minimum atomic E-state index is -0.707. The van der Waals surface area contributed by atoms with Gasteiger partial charge in [0.25, 0.3) is 0 Å². The van der Waals surface area contributed by atoms with Crippen LogP contribution in [0.15, 0.2) is 22.5 Å². The van der Waals surface area contributed by atoms with Crippen molar-refractivity contribution in [1.82, 2.24) is 0 Å². The number of carbonyl (C=O) groups is 6. The van der Waals surface area contributed by atoms with Crippen LogP contribution in [0.25, 0.3) is 0 Å². The summed E-state index contributed by atoms with van der Waals surface area (Å²) in [5.41, 5.74) is 0.549. The number of carbonyl (C=O) groups excluding carboxylic acids is 6. The van der Waals surface area contributed by atoms with E-state index in [1.54, 1.807) is 20.8 Å². The Bertz CT molecular complexity index is 817. The second-order valence-electron chi connectivity index (χ2n) is 6.40. The average Bonchev–Trinajstić information content (AvgIpc) is 3.07. The minimum absolute atomic E-state index is 0. The maximum Gasteiger partial charge on any atom is 1.00 e. The van der Waals surface area contributed by atoms with Gasteiger partial charge in [0, 0.05) is 5.57 Å². The molecule has 35 heavy (non-hydrogen) atoms. The van der Waals surface area contributed by atoms with E-state index in [1.165, 1.54) is 21.1 Å². The van der Waals surface area contributed by atoms with Crippen LogP contribution in [0.5, 0.6) is 0 Å². The summed E-state index contributed by atoms with van der Waals surface area (Å²) in [4.78, 5) is 64.0. The standard InChI is InChI=1S/C11H14O5.C6H10O3.C5H7ClO3.Na/c1-4-16-10(13)7-5-8(12)9(6(7)2)11(14)15-3;1-3-9-6(8)4-5(2)7;1-9-5(8)2-4(7)3-6;/h12H,4-5H2,1-3H3;3-4H2,1-2H3;2-3H2,1H3;/q;;;+1/p-1. The summed E-state index contributed by atoms with van der Waals surface area (Å²) in [6, 6.07) is 0. The van der Waals surface area contributed by atoms with Gasteiger partial charge in [-0.05, 0) is 39.7 Å². The smallest absolute Gasteiger partial charge is 0.875 e. The fourth-order valence-corrected chi connectivity index (χ4v) is 2.34. The van der Waals surface area contributed by atoms with Gasteiger partial charge >= 0.3 is 53.4 Å². The van der Waals surface area contributed by atoms with Crippen molar-refractivity contribution in [3.63, 3.8) is 0 Å². The van der Waals surface area contributed by atoms with Gasteiger partial charge in [-0.25, -0.2) is 9.59 Å². The van der Waals surface area contributed by atoms with E-state index < -0.39 is 29.6 Å². The maximum absolute atomic E-state index is 11.5. The molecule has 0 atom stereocenters. The molecule has 0 aromatic heterocycles. The number of methoxy groups -OCH3 is 2. The van der Waals surface area contributed by atoms with Crippen LogP contribution in [0.3, 0.4) is 0 Å². The van der Waals surface area contributed by atoms with Crippen LogP contribution < -0.4 is 34.7 Å². The molecule has 0 N–H and O–H groups in total. The second-order valence-corrected chi connectivity index (χ2v) is 6.67. The molecular weight excluding hydrogens is 499 g/mol. The zero-order valence-corrected chi connectivity index (χ0v) is 23.9. The van der Waals surface area contributed by atoms with Gasteiger partial charge in [0.15, 0.2) is 5.78 Å². The molecule has 0 saturated heterocycles. The summed E-state index contributed by atoms with van der Waals surface area (Å²) in [7, 11) is 2.42. The number of halogens is 1. The van der Waals surface area contributed by atoms with E-state index in [-0.39, 0.29) is 84.0 Å². The Kier molecular flexibility index (Phi) is 22.5. The maximum atomic E-state index is 11.5. The van der Waals surface area contributed by atoms with Gasteiger partial charge in [-0.3, -0.25) is 19.2 Å². The zero-order valence-electron chi connectivity index (χ0n) is 21.1. The molecule has 1 aliphatic carbocycles. The van der Waals surface area contributed by atoms with E-state index in [0.29, 0.717) is 12.2 Å². The van der Waals surface area contributed by atoms with Crippen LogP contribution in [-0.2, 0) is 47.7 Å². The predicted molar refractivity (Wildman–Crippen MR) is 117 cm³/mol. The molecule has 0 aromatic carbocycles. The van der Waals surface area contributed by atoms with Crippen molar-refractivity contribution in [2.24, 2.45) is 0 Å². The molecule has 192 valence electrons. The number of allylic oxidation sites excluding steroid dienone is 1. The quantitative estimate of drug-likeness (QED) is 0.106. The fraction of sp³-hybridized carbons (Fsp3) is 0.545. The van der Waals surface area contributed by atoms with Crippen molar-refractivity contribution in [3.8, 4) is 0 Å². The molecule has 0 radical (unpaired) electrons. The van der Waals surface area contributed by atoms with E-state index in [0.717, 1.165) is 0 Å². The molecule has 0 unspecified atom stereocenters. The number of hydrogen-bond acceptors (Lipinski definition) is 11. The third kappa shape index (κ3) is 16.2. The van der Waals surface area contributed by atoms with Crippen molar-refractivity contribution < 1.29 is 82.4 Å². The number of hydrogen-bond donors (Lipinski definition) is 0. The molecule has 0 spiro atoms. The Hall–Kier alpha value is -2.21. The second kappa shape index (κ2) is 21.1. The molecule has 0 bridgehead atoms. The number of ketones is 2. The van der Waals surface area contributed by atoms with E-state index in [2.05, 4.69) is 14.2 Å². The number of ether oxygens (including phenoxy) is 4. The molecule has 13 heteroatoms. The molecule has 0 fully saturated rings. The minimum Gasteiger partial charge on any atom is -0.875 e. The Labute approximate surface area is 231 Å². The van der Waals surface area contributed by atoms with Gasteiger partial charge in [-0.15, -0.1) is 17.4 Å². The summed E-state index contributed by atoms with van der Waals surface area (Å²) in [6.07, 6.45) is -0.414. The Morgan fingerprint density at radius 3 is 1.83 bits per heavy atom. The number of rotatable bonds is 9. The topological polar surface area (TPSA) is 162 Å². The third-order valence-corrected chi connectivity index (χ3v) is 4.07. The summed E-state index contributed by atoms with van der Waals surface area (Å²) < 4.78 is 18.0. The van der Waals surface area contributed by atoms with Gasteiger partial charge in [0.05, 0.1) is 38.9 Å². The first-order chi connectivity index (χ1) is 15.9. The van der Waals surface area contributed by atoms with Gasteiger partial charge in [-0.2, -0.15) is 0 Å². The molecular formula is C22H30ClNaO11. The molecule has 1 rings (SSSR count). The summed E-state index contributed by atoms with van der Waals surface area (Å²) in [5.74, 6) is -3.24. The molecule has 0 amide bonds. The van der Waals surface area contributed by atoms with Gasteiger partial charge in [-0.1, -0.05) is 0 Å². The van der Waals surface area contributed by atoms with Crippen LogP contribution in [0.4, 0.5) is 0 Å². The zero-order chi connectivity index (χ0) is 26.8. The van der Waals surface area contributed by atoms with Crippen LogP contribution >= 0.6 is 11.6 Å². The molecule has 1 aliphatic rings. The van der Waals surface area contributed by atoms with Crippen molar-refractivity contribution >= 4 is 47.0 Å². The molecule has 11 nitrogen and oxygen atoms in total. The Morgan fingerprint density at radius 1 is 0.886 bits per heavy atom. The monoisotopic (exact) mass is 528 g/mol. The Balaban J connectivity index is -0.000000466. The van der Waals surface area contributed by atoms with E-state index in [1.807, 2.05) is 0 Å². The molecule has 0 aromatic rings. The molecule has 0 saturated carbocycles. The Morgan fingerprint density at radius 2 is 1.43 bits per heavy atom. The fourth-order valence-electron chi connectivity index (χ4n) is 2.25. The number of esters is 4. The van der Waals surface area contributed by atoms with Crippen LogP contribution in [0, 0.1) is 0 Å². The average molecular weight is 529 g/mol. The molecule has 0 heterocycles. The SMILES string of the molecule is CCOC(=O)C1=C(C)C(C(=O)OC)=C([O-])C1.CCOC(=O)CC(C)=O.COC(=O)CC(=O)CCl.[Na+]. The first kappa shape index (κ1) is 37.3. The van der Waals surface area contributed by atoms with Crippen molar-refractivity contribution in [2.45, 2.75) is 47.0 Å². The van der Waals surface area contributed by atoms with Crippen molar-refractivity contribution in [1.29, 1.82) is 0 Å². The largest absolute Gasteiger partial charge is 1.00 e. The van der Waals surface area contributed by atoms with Crippen molar-refractivity contribution in [2.75, 3.05) is 33.3 Å². The summed E-state index contributed by atoms with van der Waals surface area (Å²) in [5, 5.41) is 11.5. The van der Waals surface area contributed by atoms with E-state index in [9.17, 15) is 33.9 Å². The van der Waals surface area contributed by atoms with Crippen LogP contribution in [-0.4, -0.2) is 68.8 Å². The van der Waals surface area contributed by atoms with Gasteiger partial charge in [0.1, 0.15) is 18.6 Å². The molecule has 0 aliphatic heterocycles. The summed E-state index contributed by atoms with van der Waals surface area (Å²) >= 11 is 5.10. The van der Waals surface area contributed by atoms with E-state index >= 15 is 0 Å². The normalized spacial score (nSPS) is 11.5. The predicted octanol–water partition coefficient (Wildman–Crippen LogP) is -2.05. The van der Waals surface area contributed by atoms with Crippen molar-refractivity contribution in [3.05, 3.63) is 22.5 Å². The number of Topliss-reactive ketones (excluding diaryl/α,β-unsaturated/α-hetero) is 2. The van der Waals surface area contributed by atoms with E-state index in [4.69, 9.17) is 16.3 Å². The van der Waals surface area contributed by atoms with Crippen LogP contribution in [0.2, 0.25) is 0 Å². The first-order valence-electron chi connectivity index (χ1n) is 10.0. The van der Waals surface area contributed by atoms with Gasteiger partial charge < -0.3 is 24.1 Å².